The molecule has 1 aromatic carbocycles. The minimum atomic E-state index is -1.09. The minimum Gasteiger partial charge on any atom is -0.313 e. The molecule has 0 radical (unpaired) electrons. The highest BCUT2D eigenvalue weighted by Gasteiger charge is 2.60. The molecule has 3 rings (SSSR count). The topological polar surface area (TPSA) is 38.7 Å². The molecule has 118 valence electrons. The number of carbonyl (C=O) groups is 1. The van der Waals surface area contributed by atoms with Crippen molar-refractivity contribution in [1.29, 1.82) is 0 Å². The third-order valence-corrected chi connectivity index (χ3v) is 5.92. The molecule has 0 spiro atoms. The van der Waals surface area contributed by atoms with Gasteiger partial charge in [0.15, 0.2) is 0 Å². The molecule has 2 unspecified atom stereocenters. The van der Waals surface area contributed by atoms with E-state index in [1.165, 1.54) is 6.07 Å². The second-order valence-electron chi connectivity index (χ2n) is 7.01. The molecular formula is C17H19F2NO2. The monoisotopic (exact) mass is 307 g/mol. The van der Waals surface area contributed by atoms with Crippen LogP contribution in [0.2, 0.25) is 0 Å². The molecule has 22 heavy (non-hydrogen) atoms. The van der Waals surface area contributed by atoms with Crippen molar-refractivity contribution in [3.8, 4) is 0 Å². The quantitative estimate of drug-likeness (QED) is 0.603. The summed E-state index contributed by atoms with van der Waals surface area (Å²) in [7, 11) is 0. The number of fused-ring (bicyclic) bond motifs is 2. The van der Waals surface area contributed by atoms with E-state index >= 15 is 0 Å². The van der Waals surface area contributed by atoms with Gasteiger partial charge in [0.05, 0.1) is 5.71 Å². The number of halogens is 2. The Kier molecular flexibility index (Phi) is 3.34. The van der Waals surface area contributed by atoms with Gasteiger partial charge in [0.25, 0.3) is 0 Å². The van der Waals surface area contributed by atoms with Crippen LogP contribution >= 0.6 is 0 Å². The number of oxime groups is 1. The van der Waals surface area contributed by atoms with Crippen molar-refractivity contribution in [2.45, 2.75) is 40.0 Å². The van der Waals surface area contributed by atoms with Gasteiger partial charge in [-0.05, 0) is 42.7 Å². The molecule has 3 nitrogen and oxygen atoms in total. The van der Waals surface area contributed by atoms with Crippen LogP contribution < -0.4 is 0 Å². The molecule has 2 saturated carbocycles. The first-order valence-electron chi connectivity index (χ1n) is 7.50. The molecule has 2 aliphatic rings. The molecular weight excluding hydrogens is 288 g/mol. The maximum Gasteiger partial charge on any atom is 0.371 e. The highest BCUT2D eigenvalue weighted by Crippen LogP contribution is 2.63. The van der Waals surface area contributed by atoms with Gasteiger partial charge >= 0.3 is 5.97 Å². The summed E-state index contributed by atoms with van der Waals surface area (Å²) in [6, 6.07) is 3.25. The Hall–Kier alpha value is -1.78. The Balaban J connectivity index is 1.83. The number of hydrogen-bond acceptors (Lipinski definition) is 3. The smallest absolute Gasteiger partial charge is 0.313 e. The molecule has 0 amide bonds. The van der Waals surface area contributed by atoms with Gasteiger partial charge in [-0.1, -0.05) is 32.0 Å². The zero-order valence-corrected chi connectivity index (χ0v) is 13.0. The van der Waals surface area contributed by atoms with E-state index in [9.17, 15) is 13.6 Å². The van der Waals surface area contributed by atoms with E-state index in [1.807, 2.05) is 0 Å². The molecule has 0 aromatic heterocycles. The van der Waals surface area contributed by atoms with Crippen LogP contribution in [0.5, 0.6) is 0 Å². The van der Waals surface area contributed by atoms with E-state index in [-0.39, 0.29) is 10.8 Å². The number of hydrogen-bond donors (Lipinski definition) is 0. The molecule has 0 N–H and O–H groups in total. The van der Waals surface area contributed by atoms with E-state index in [0.717, 1.165) is 37.1 Å². The fraction of sp³-hybridized carbons (Fsp3) is 0.529. The molecule has 1 aromatic rings. The molecule has 0 saturated heterocycles. The first-order chi connectivity index (χ1) is 10.3. The molecule has 2 fully saturated rings. The Morgan fingerprint density at radius 2 is 1.91 bits per heavy atom. The van der Waals surface area contributed by atoms with E-state index in [0.29, 0.717) is 5.92 Å². The minimum absolute atomic E-state index is 0.0987. The number of carbonyl (C=O) groups excluding carboxylic acids is 1. The second-order valence-corrected chi connectivity index (χ2v) is 7.01. The van der Waals surface area contributed by atoms with E-state index in [2.05, 4.69) is 25.9 Å². The van der Waals surface area contributed by atoms with E-state index in [1.54, 1.807) is 0 Å². The summed E-state index contributed by atoms with van der Waals surface area (Å²) < 4.78 is 27.1. The maximum absolute atomic E-state index is 13.6. The van der Waals surface area contributed by atoms with Crippen LogP contribution in [0.15, 0.2) is 23.4 Å². The van der Waals surface area contributed by atoms with Crippen LogP contribution in [-0.2, 0) is 4.84 Å². The van der Waals surface area contributed by atoms with Gasteiger partial charge in [-0.3, -0.25) is 0 Å². The van der Waals surface area contributed by atoms with Crippen molar-refractivity contribution >= 4 is 11.7 Å². The standard InChI is InChI=1S/C17H19F2NO2/c1-16(2)10-7-8-17(16,3)13(9-10)20-22-15(21)14-11(18)5-4-6-12(14)19/h4-6,10H,7-9H2,1-3H3/b20-13+. The third-order valence-electron chi connectivity index (χ3n) is 5.92. The molecule has 2 aliphatic carbocycles. The lowest BCUT2D eigenvalue weighted by molar-refractivity contribution is 0.0497. The van der Waals surface area contributed by atoms with Gasteiger partial charge in [-0.2, -0.15) is 0 Å². The predicted octanol–water partition coefficient (Wildman–Crippen LogP) is 4.32. The lowest BCUT2D eigenvalue weighted by atomic mass is 9.70. The zero-order valence-electron chi connectivity index (χ0n) is 13.0. The van der Waals surface area contributed by atoms with Gasteiger partial charge in [0, 0.05) is 5.41 Å². The molecule has 0 aliphatic heterocycles. The maximum atomic E-state index is 13.6. The van der Waals surface area contributed by atoms with Gasteiger partial charge in [0.1, 0.15) is 17.2 Å². The summed E-state index contributed by atoms with van der Waals surface area (Å²) in [5, 5.41) is 3.97. The molecule has 2 bridgehead atoms. The predicted molar refractivity (Wildman–Crippen MR) is 78.4 cm³/mol. The van der Waals surface area contributed by atoms with Crippen molar-refractivity contribution in [1.82, 2.24) is 0 Å². The summed E-state index contributed by atoms with van der Waals surface area (Å²) in [4.78, 5) is 16.8. The summed E-state index contributed by atoms with van der Waals surface area (Å²) in [6.07, 6.45) is 2.91. The van der Waals surface area contributed by atoms with Crippen molar-refractivity contribution < 1.29 is 18.4 Å². The fourth-order valence-corrected chi connectivity index (χ4v) is 3.90. The number of nitrogens with zero attached hydrogens (tertiary/aromatic N) is 1. The van der Waals surface area contributed by atoms with Gasteiger partial charge in [0.2, 0.25) is 0 Å². The first kappa shape index (κ1) is 15.1. The van der Waals surface area contributed by atoms with Crippen LogP contribution in [0.1, 0.15) is 50.4 Å². The first-order valence-corrected chi connectivity index (χ1v) is 7.50. The van der Waals surface area contributed by atoms with Crippen LogP contribution in [0.4, 0.5) is 8.78 Å². The molecule has 2 atom stereocenters. The van der Waals surface area contributed by atoms with Gasteiger partial charge in [-0.25, -0.2) is 13.6 Å². The van der Waals surface area contributed by atoms with E-state index in [4.69, 9.17) is 4.84 Å². The lowest BCUT2D eigenvalue weighted by Gasteiger charge is -2.34. The van der Waals surface area contributed by atoms with Crippen molar-refractivity contribution in [3.63, 3.8) is 0 Å². The van der Waals surface area contributed by atoms with Crippen molar-refractivity contribution in [2.24, 2.45) is 21.9 Å². The van der Waals surface area contributed by atoms with Crippen molar-refractivity contribution in [3.05, 3.63) is 35.4 Å². The van der Waals surface area contributed by atoms with Crippen LogP contribution in [-0.4, -0.2) is 11.7 Å². The second kappa shape index (κ2) is 4.86. The normalized spacial score (nSPS) is 30.8. The lowest BCUT2D eigenvalue weighted by Crippen LogP contribution is -2.32. The molecule has 5 heteroatoms. The average molecular weight is 307 g/mol. The zero-order chi connectivity index (χ0) is 16.1. The average Bonchev–Trinajstić information content (AvgIpc) is 2.77. The Morgan fingerprint density at radius 1 is 1.27 bits per heavy atom. The fourth-order valence-electron chi connectivity index (χ4n) is 3.90. The van der Waals surface area contributed by atoms with Crippen LogP contribution in [0.3, 0.4) is 0 Å². The summed E-state index contributed by atoms with van der Waals surface area (Å²) in [5.41, 5.74) is 0.103. The summed E-state index contributed by atoms with van der Waals surface area (Å²) >= 11 is 0. The Bertz CT molecular complexity index is 648. The summed E-state index contributed by atoms with van der Waals surface area (Å²) in [5.74, 6) is -2.46. The number of benzene rings is 1. The van der Waals surface area contributed by atoms with Gasteiger partial charge < -0.3 is 4.84 Å². The van der Waals surface area contributed by atoms with Gasteiger partial charge in [-0.15, -0.1) is 0 Å². The third kappa shape index (κ3) is 1.98. The largest absolute Gasteiger partial charge is 0.371 e. The highest BCUT2D eigenvalue weighted by atomic mass is 19.1. The van der Waals surface area contributed by atoms with E-state index < -0.39 is 23.2 Å². The summed E-state index contributed by atoms with van der Waals surface area (Å²) in [6.45, 7) is 6.52. The van der Waals surface area contributed by atoms with Crippen LogP contribution in [0.25, 0.3) is 0 Å². The highest BCUT2D eigenvalue weighted by molar-refractivity contribution is 5.95. The molecule has 0 heterocycles. The van der Waals surface area contributed by atoms with Crippen molar-refractivity contribution in [2.75, 3.05) is 0 Å². The van der Waals surface area contributed by atoms with Crippen LogP contribution in [0, 0.1) is 28.4 Å². The SMILES string of the molecule is CC12CCC(C/C1=N\OC(=O)c1c(F)cccc1F)C2(C)C. The Labute approximate surface area is 128 Å². The Morgan fingerprint density at radius 3 is 2.41 bits per heavy atom. The number of rotatable bonds is 2.